The Labute approximate surface area is 144 Å². The van der Waals surface area contributed by atoms with Crippen LogP contribution in [0, 0.1) is 17.5 Å². The summed E-state index contributed by atoms with van der Waals surface area (Å²) in [6.07, 6.45) is 2.98. The van der Waals surface area contributed by atoms with Crippen LogP contribution in [0.25, 0.3) is 0 Å². The van der Waals surface area contributed by atoms with Crippen molar-refractivity contribution < 1.29 is 18.0 Å². The molecule has 2 aromatic carbocycles. The Hall–Kier alpha value is -2.34. The lowest BCUT2D eigenvalue weighted by molar-refractivity contribution is -0.117. The topological polar surface area (TPSA) is 32.3 Å². The minimum absolute atomic E-state index is 0.0252. The summed E-state index contributed by atoms with van der Waals surface area (Å²) >= 11 is 0. The second kappa shape index (κ2) is 7.27. The minimum Gasteiger partial charge on any atom is -0.322 e. The van der Waals surface area contributed by atoms with Gasteiger partial charge in [-0.05, 0) is 49.6 Å². The van der Waals surface area contributed by atoms with Gasteiger partial charge >= 0.3 is 0 Å². The normalized spacial score (nSPS) is 16.6. The van der Waals surface area contributed by atoms with E-state index in [0.29, 0.717) is 0 Å². The van der Waals surface area contributed by atoms with E-state index in [1.807, 2.05) is 24.1 Å². The van der Waals surface area contributed by atoms with E-state index in [2.05, 4.69) is 17.4 Å². The highest BCUT2D eigenvalue weighted by Crippen LogP contribution is 2.33. The van der Waals surface area contributed by atoms with Gasteiger partial charge in [0.25, 0.3) is 0 Å². The van der Waals surface area contributed by atoms with E-state index < -0.39 is 23.4 Å². The highest BCUT2D eigenvalue weighted by atomic mass is 19.2. The molecule has 25 heavy (non-hydrogen) atoms. The third-order valence-corrected chi connectivity index (χ3v) is 4.57. The fraction of sp³-hybridized carbons (Fsp3) is 0.316. The Morgan fingerprint density at radius 3 is 2.72 bits per heavy atom. The molecular formula is C19H19F3N2O. The van der Waals surface area contributed by atoms with E-state index in [4.69, 9.17) is 0 Å². The van der Waals surface area contributed by atoms with E-state index >= 15 is 0 Å². The number of halogens is 3. The van der Waals surface area contributed by atoms with Crippen LogP contribution in [0.2, 0.25) is 0 Å². The van der Waals surface area contributed by atoms with Crippen LogP contribution < -0.4 is 5.32 Å². The van der Waals surface area contributed by atoms with Gasteiger partial charge in [0, 0.05) is 6.04 Å². The standard InChI is InChI=1S/C19H19F3N2O/c1-24(16-8-4-6-12-5-2-3-7-13(12)16)11-17(25)23-15-10-9-14(20)18(21)19(15)22/h2-3,5,7,9-10,16H,4,6,8,11H2,1H3,(H,23,25). The van der Waals surface area contributed by atoms with Crippen molar-refractivity contribution in [3.8, 4) is 0 Å². The number of hydrogen-bond donors (Lipinski definition) is 1. The Morgan fingerprint density at radius 1 is 1.16 bits per heavy atom. The molecule has 0 fully saturated rings. The van der Waals surface area contributed by atoms with Crippen molar-refractivity contribution in [1.82, 2.24) is 4.90 Å². The van der Waals surface area contributed by atoms with Crippen LogP contribution in [0.4, 0.5) is 18.9 Å². The van der Waals surface area contributed by atoms with Gasteiger partial charge in [0.05, 0.1) is 12.2 Å². The molecule has 1 aliphatic rings. The average Bonchev–Trinajstić information content (AvgIpc) is 2.61. The van der Waals surface area contributed by atoms with Crippen molar-refractivity contribution in [3.05, 3.63) is 65.0 Å². The highest BCUT2D eigenvalue weighted by Gasteiger charge is 2.25. The molecule has 132 valence electrons. The molecule has 1 amide bonds. The number of rotatable bonds is 4. The summed E-state index contributed by atoms with van der Waals surface area (Å²) in [6.45, 7) is 0.0252. The summed E-state index contributed by atoms with van der Waals surface area (Å²) in [5.74, 6) is -4.74. The highest BCUT2D eigenvalue weighted by molar-refractivity contribution is 5.92. The summed E-state index contributed by atoms with van der Waals surface area (Å²) < 4.78 is 39.9. The number of benzene rings is 2. The molecule has 1 aliphatic carbocycles. The number of fused-ring (bicyclic) bond motifs is 1. The smallest absolute Gasteiger partial charge is 0.238 e. The molecule has 0 saturated carbocycles. The van der Waals surface area contributed by atoms with Crippen LogP contribution in [0.15, 0.2) is 36.4 Å². The molecule has 3 nitrogen and oxygen atoms in total. The van der Waals surface area contributed by atoms with E-state index in [-0.39, 0.29) is 18.3 Å². The number of amides is 1. The first kappa shape index (κ1) is 17.5. The van der Waals surface area contributed by atoms with Crippen LogP contribution in [0.1, 0.15) is 30.0 Å². The van der Waals surface area contributed by atoms with Crippen molar-refractivity contribution in [2.45, 2.75) is 25.3 Å². The Morgan fingerprint density at radius 2 is 1.92 bits per heavy atom. The number of carbonyl (C=O) groups is 1. The molecule has 1 N–H and O–H groups in total. The first-order valence-electron chi connectivity index (χ1n) is 8.18. The van der Waals surface area contributed by atoms with Crippen LogP contribution in [-0.4, -0.2) is 24.4 Å². The maximum atomic E-state index is 13.7. The molecule has 3 rings (SSSR count). The average molecular weight is 348 g/mol. The molecule has 0 radical (unpaired) electrons. The second-order valence-electron chi connectivity index (χ2n) is 6.29. The SMILES string of the molecule is CN(CC(=O)Nc1ccc(F)c(F)c1F)C1CCCc2ccccc21. The third kappa shape index (κ3) is 3.69. The Kier molecular flexibility index (Phi) is 5.08. The zero-order valence-corrected chi connectivity index (χ0v) is 13.9. The summed E-state index contributed by atoms with van der Waals surface area (Å²) in [5, 5.41) is 2.31. The van der Waals surface area contributed by atoms with E-state index in [1.54, 1.807) is 0 Å². The van der Waals surface area contributed by atoms with Gasteiger partial charge in [-0.1, -0.05) is 24.3 Å². The first-order chi connectivity index (χ1) is 12.0. The van der Waals surface area contributed by atoms with Crippen molar-refractivity contribution in [2.24, 2.45) is 0 Å². The van der Waals surface area contributed by atoms with Gasteiger partial charge in [-0.25, -0.2) is 13.2 Å². The summed E-state index contributed by atoms with van der Waals surface area (Å²) in [4.78, 5) is 14.1. The maximum absolute atomic E-state index is 13.7. The molecule has 2 aromatic rings. The molecule has 6 heteroatoms. The lowest BCUT2D eigenvalue weighted by Crippen LogP contribution is -2.35. The molecule has 1 unspecified atom stereocenters. The monoisotopic (exact) mass is 348 g/mol. The second-order valence-corrected chi connectivity index (χ2v) is 6.29. The zero-order valence-electron chi connectivity index (χ0n) is 13.9. The van der Waals surface area contributed by atoms with Crippen molar-refractivity contribution >= 4 is 11.6 Å². The van der Waals surface area contributed by atoms with Gasteiger partial charge in [0.15, 0.2) is 17.5 Å². The van der Waals surface area contributed by atoms with Crippen molar-refractivity contribution in [1.29, 1.82) is 0 Å². The largest absolute Gasteiger partial charge is 0.322 e. The van der Waals surface area contributed by atoms with Gasteiger partial charge in [-0.2, -0.15) is 0 Å². The predicted molar refractivity (Wildman–Crippen MR) is 89.7 cm³/mol. The summed E-state index contributed by atoms with van der Waals surface area (Å²) in [5.41, 5.74) is 2.11. The van der Waals surface area contributed by atoms with Gasteiger partial charge in [0.2, 0.25) is 5.91 Å². The summed E-state index contributed by atoms with van der Waals surface area (Å²) in [6, 6.07) is 10.0. The molecule has 0 heterocycles. The number of nitrogens with one attached hydrogen (secondary N) is 1. The number of likely N-dealkylation sites (N-methyl/N-ethyl adjacent to an activating group) is 1. The maximum Gasteiger partial charge on any atom is 0.238 e. The Balaban J connectivity index is 1.69. The van der Waals surface area contributed by atoms with E-state index in [0.717, 1.165) is 31.4 Å². The fourth-order valence-corrected chi connectivity index (χ4v) is 3.34. The van der Waals surface area contributed by atoms with E-state index in [9.17, 15) is 18.0 Å². The molecule has 0 saturated heterocycles. The van der Waals surface area contributed by atoms with Gasteiger partial charge in [-0.15, -0.1) is 0 Å². The lowest BCUT2D eigenvalue weighted by atomic mass is 9.87. The number of carbonyl (C=O) groups excluding carboxylic acids is 1. The number of nitrogens with zero attached hydrogens (tertiary/aromatic N) is 1. The molecular weight excluding hydrogens is 329 g/mol. The number of aryl methyl sites for hydroxylation is 1. The quantitative estimate of drug-likeness (QED) is 0.846. The molecule has 0 spiro atoms. The van der Waals surface area contributed by atoms with Crippen LogP contribution in [0.3, 0.4) is 0 Å². The zero-order chi connectivity index (χ0) is 18.0. The number of anilines is 1. The predicted octanol–water partition coefficient (Wildman–Crippen LogP) is 4.05. The number of hydrogen-bond acceptors (Lipinski definition) is 2. The lowest BCUT2D eigenvalue weighted by Gasteiger charge is -2.32. The fourth-order valence-electron chi connectivity index (χ4n) is 3.34. The minimum atomic E-state index is -1.59. The molecule has 0 aromatic heterocycles. The molecule has 1 atom stereocenters. The van der Waals surface area contributed by atoms with Crippen molar-refractivity contribution in [2.75, 3.05) is 18.9 Å². The third-order valence-electron chi connectivity index (χ3n) is 4.57. The Bertz CT molecular complexity index is 794. The van der Waals surface area contributed by atoms with Gasteiger partial charge < -0.3 is 5.32 Å². The van der Waals surface area contributed by atoms with Gasteiger partial charge in [0.1, 0.15) is 0 Å². The van der Waals surface area contributed by atoms with Crippen LogP contribution in [-0.2, 0) is 11.2 Å². The van der Waals surface area contributed by atoms with Gasteiger partial charge in [-0.3, -0.25) is 9.69 Å². The van der Waals surface area contributed by atoms with E-state index in [1.165, 1.54) is 11.1 Å². The van der Waals surface area contributed by atoms with Crippen LogP contribution in [0.5, 0.6) is 0 Å². The summed E-state index contributed by atoms with van der Waals surface area (Å²) in [7, 11) is 1.83. The first-order valence-corrected chi connectivity index (χ1v) is 8.18. The molecule has 0 aliphatic heterocycles. The molecule has 0 bridgehead atoms. The van der Waals surface area contributed by atoms with Crippen LogP contribution >= 0.6 is 0 Å². The van der Waals surface area contributed by atoms with Crippen molar-refractivity contribution in [3.63, 3.8) is 0 Å².